The van der Waals surface area contributed by atoms with Crippen LogP contribution in [0.5, 0.6) is 11.5 Å². The van der Waals surface area contributed by atoms with Gasteiger partial charge in [0.15, 0.2) is 0 Å². The molecule has 120 valence electrons. The van der Waals surface area contributed by atoms with Gasteiger partial charge in [-0.1, -0.05) is 51.6 Å². The van der Waals surface area contributed by atoms with Crippen molar-refractivity contribution in [1.29, 1.82) is 0 Å². The van der Waals surface area contributed by atoms with Gasteiger partial charge in [0.25, 0.3) is 0 Å². The molecule has 0 N–H and O–H groups in total. The van der Waals surface area contributed by atoms with Crippen LogP contribution >= 0.6 is 27.5 Å². The highest BCUT2D eigenvalue weighted by molar-refractivity contribution is 9.10. The Balaban J connectivity index is 2.37. The van der Waals surface area contributed by atoms with E-state index in [1.54, 1.807) is 13.2 Å². The number of benzene rings is 1. The minimum absolute atomic E-state index is 0.586. The molecule has 0 bridgehead atoms. The molecule has 1 aromatic carbocycles. The monoisotopic (exact) mass is 376 g/mol. The fourth-order valence-electron chi connectivity index (χ4n) is 2.17. The van der Waals surface area contributed by atoms with Gasteiger partial charge in [-0.15, -0.1) is 0 Å². The molecule has 21 heavy (non-hydrogen) atoms. The van der Waals surface area contributed by atoms with Crippen LogP contribution in [0, 0.1) is 11.8 Å². The van der Waals surface area contributed by atoms with Crippen LogP contribution in [0.3, 0.4) is 0 Å². The van der Waals surface area contributed by atoms with Gasteiger partial charge in [0.1, 0.15) is 11.5 Å². The maximum atomic E-state index is 6.19. The molecule has 0 unspecified atom stereocenters. The van der Waals surface area contributed by atoms with E-state index >= 15 is 0 Å². The number of hydrogen-bond donors (Lipinski definition) is 0. The van der Waals surface area contributed by atoms with Crippen molar-refractivity contribution in [1.82, 2.24) is 0 Å². The van der Waals surface area contributed by atoms with Gasteiger partial charge >= 0.3 is 0 Å². The van der Waals surface area contributed by atoms with Gasteiger partial charge in [-0.2, -0.15) is 0 Å². The minimum Gasteiger partial charge on any atom is -0.496 e. The van der Waals surface area contributed by atoms with Crippen LogP contribution in [0.2, 0.25) is 5.02 Å². The maximum absolute atomic E-state index is 6.19. The first-order chi connectivity index (χ1) is 9.93. The van der Waals surface area contributed by atoms with Gasteiger partial charge in [-0.05, 0) is 40.3 Å². The predicted octanol–water partition coefficient (Wildman–Crippen LogP) is 6.34. The Morgan fingerprint density at radius 2 is 1.81 bits per heavy atom. The van der Waals surface area contributed by atoms with Gasteiger partial charge in [-0.3, -0.25) is 0 Å². The second kappa shape index (κ2) is 9.58. The van der Waals surface area contributed by atoms with Crippen molar-refractivity contribution in [2.75, 3.05) is 13.7 Å². The van der Waals surface area contributed by atoms with Gasteiger partial charge < -0.3 is 9.47 Å². The second-order valence-corrected chi connectivity index (χ2v) is 7.25. The van der Waals surface area contributed by atoms with E-state index in [0.717, 1.165) is 22.6 Å². The van der Waals surface area contributed by atoms with E-state index in [1.807, 2.05) is 6.07 Å². The lowest BCUT2D eigenvalue weighted by Gasteiger charge is -2.14. The van der Waals surface area contributed by atoms with Crippen LogP contribution in [0.1, 0.15) is 46.5 Å². The van der Waals surface area contributed by atoms with Crippen molar-refractivity contribution in [3.05, 3.63) is 21.6 Å². The summed E-state index contributed by atoms with van der Waals surface area (Å²) in [5, 5.41) is 0.586. The summed E-state index contributed by atoms with van der Waals surface area (Å²) < 4.78 is 11.9. The smallest absolute Gasteiger partial charge is 0.139 e. The van der Waals surface area contributed by atoms with E-state index in [1.165, 1.54) is 19.3 Å². The molecule has 0 heterocycles. The van der Waals surface area contributed by atoms with Gasteiger partial charge in [-0.25, -0.2) is 0 Å². The van der Waals surface area contributed by atoms with Crippen LogP contribution in [0.4, 0.5) is 0 Å². The highest BCUT2D eigenvalue weighted by atomic mass is 79.9. The zero-order valence-electron chi connectivity index (χ0n) is 13.4. The number of hydrogen-bond acceptors (Lipinski definition) is 2. The predicted molar refractivity (Wildman–Crippen MR) is 93.7 cm³/mol. The SMILES string of the molecule is COc1cc(Cl)c(OCC[C@@H](C)CCCC(C)C)cc1Br. The summed E-state index contributed by atoms with van der Waals surface area (Å²) in [6.45, 7) is 7.53. The molecule has 0 amide bonds. The minimum atomic E-state index is 0.586. The molecule has 0 aliphatic heterocycles. The molecule has 4 heteroatoms. The van der Waals surface area contributed by atoms with Crippen LogP contribution in [-0.4, -0.2) is 13.7 Å². The summed E-state index contributed by atoms with van der Waals surface area (Å²) in [6, 6.07) is 3.64. The zero-order chi connectivity index (χ0) is 15.8. The lowest BCUT2D eigenvalue weighted by molar-refractivity contribution is 0.275. The average Bonchev–Trinajstić information content (AvgIpc) is 2.41. The molecule has 1 atom stereocenters. The van der Waals surface area contributed by atoms with E-state index in [4.69, 9.17) is 21.1 Å². The molecule has 0 fully saturated rings. The standard InChI is InChI=1S/C17H26BrClO2/c1-12(2)6-5-7-13(3)8-9-21-17-10-14(18)16(20-4)11-15(17)19/h10-13H,5-9H2,1-4H3/t13-/m0/s1. The fraction of sp³-hybridized carbons (Fsp3) is 0.647. The third-order valence-corrected chi connectivity index (χ3v) is 4.47. The normalized spacial score (nSPS) is 12.5. The van der Waals surface area contributed by atoms with Gasteiger partial charge in [0.05, 0.1) is 23.2 Å². The topological polar surface area (TPSA) is 18.5 Å². The molecule has 0 radical (unpaired) electrons. The molecular weight excluding hydrogens is 352 g/mol. The van der Waals surface area contributed by atoms with Gasteiger partial charge in [0.2, 0.25) is 0 Å². The summed E-state index contributed by atoms with van der Waals surface area (Å²) in [5.41, 5.74) is 0. The van der Waals surface area contributed by atoms with E-state index in [0.29, 0.717) is 23.3 Å². The van der Waals surface area contributed by atoms with E-state index < -0.39 is 0 Å². The first-order valence-corrected chi connectivity index (χ1v) is 8.77. The lowest BCUT2D eigenvalue weighted by atomic mass is 9.98. The highest BCUT2D eigenvalue weighted by Crippen LogP contribution is 2.35. The fourth-order valence-corrected chi connectivity index (χ4v) is 2.86. The maximum Gasteiger partial charge on any atom is 0.139 e. The van der Waals surface area contributed by atoms with E-state index in [-0.39, 0.29) is 0 Å². The Bertz CT molecular complexity index is 435. The molecule has 0 aliphatic carbocycles. The van der Waals surface area contributed by atoms with Crippen molar-refractivity contribution in [3.63, 3.8) is 0 Å². The summed E-state index contributed by atoms with van der Waals surface area (Å²) in [5.74, 6) is 2.90. The van der Waals surface area contributed by atoms with E-state index in [9.17, 15) is 0 Å². The average molecular weight is 378 g/mol. The van der Waals surface area contributed by atoms with Crippen LogP contribution in [-0.2, 0) is 0 Å². The highest BCUT2D eigenvalue weighted by Gasteiger charge is 2.09. The Kier molecular flexibility index (Phi) is 8.50. The molecule has 1 rings (SSSR count). The quantitative estimate of drug-likeness (QED) is 0.499. The van der Waals surface area contributed by atoms with Crippen molar-refractivity contribution in [3.8, 4) is 11.5 Å². The first kappa shape index (κ1) is 18.6. The summed E-state index contributed by atoms with van der Waals surface area (Å²) in [4.78, 5) is 0. The molecule has 0 saturated carbocycles. The number of rotatable bonds is 9. The molecule has 0 spiro atoms. The molecule has 1 aromatic rings. The number of halogens is 2. The third kappa shape index (κ3) is 6.92. The molecular formula is C17H26BrClO2. The Morgan fingerprint density at radius 3 is 2.43 bits per heavy atom. The van der Waals surface area contributed by atoms with Crippen molar-refractivity contribution < 1.29 is 9.47 Å². The number of methoxy groups -OCH3 is 1. The van der Waals surface area contributed by atoms with Gasteiger partial charge in [0, 0.05) is 6.07 Å². The summed E-state index contributed by atoms with van der Waals surface area (Å²) >= 11 is 9.63. The Hall–Kier alpha value is -0.410. The Morgan fingerprint density at radius 1 is 1.10 bits per heavy atom. The second-order valence-electron chi connectivity index (χ2n) is 5.98. The number of ether oxygens (including phenoxy) is 2. The third-order valence-electron chi connectivity index (χ3n) is 3.55. The summed E-state index contributed by atoms with van der Waals surface area (Å²) in [6.07, 6.45) is 4.93. The molecule has 0 aliphatic rings. The lowest BCUT2D eigenvalue weighted by Crippen LogP contribution is -2.05. The Labute approximate surface area is 142 Å². The van der Waals surface area contributed by atoms with Crippen LogP contribution < -0.4 is 9.47 Å². The van der Waals surface area contributed by atoms with E-state index in [2.05, 4.69) is 36.7 Å². The molecule has 0 aromatic heterocycles. The largest absolute Gasteiger partial charge is 0.496 e. The first-order valence-electron chi connectivity index (χ1n) is 7.59. The van der Waals surface area contributed by atoms with Crippen LogP contribution in [0.25, 0.3) is 0 Å². The molecule has 2 nitrogen and oxygen atoms in total. The van der Waals surface area contributed by atoms with Crippen molar-refractivity contribution in [2.24, 2.45) is 11.8 Å². The summed E-state index contributed by atoms with van der Waals surface area (Å²) in [7, 11) is 1.62. The zero-order valence-corrected chi connectivity index (χ0v) is 15.8. The van der Waals surface area contributed by atoms with Crippen LogP contribution in [0.15, 0.2) is 16.6 Å². The molecule has 0 saturated heterocycles. The van der Waals surface area contributed by atoms with Crippen molar-refractivity contribution >= 4 is 27.5 Å². The van der Waals surface area contributed by atoms with Crippen molar-refractivity contribution in [2.45, 2.75) is 46.5 Å².